The molecule has 4 aromatic carbocycles. The summed E-state index contributed by atoms with van der Waals surface area (Å²) in [4.78, 5) is 0. The predicted molar refractivity (Wildman–Crippen MR) is 192 cm³/mol. The molecule has 4 rings (SSSR count). The fourth-order valence-corrected chi connectivity index (χ4v) is 6.56. The van der Waals surface area contributed by atoms with E-state index in [1.165, 1.54) is 44.2 Å². The molecule has 3 nitrogen and oxygen atoms in total. The molecule has 0 saturated heterocycles. The summed E-state index contributed by atoms with van der Waals surface area (Å²) < 4.78 is 141. The lowest BCUT2D eigenvalue weighted by Crippen LogP contribution is -2.19. The van der Waals surface area contributed by atoms with Gasteiger partial charge in [-0.15, -0.1) is 0 Å². The Morgan fingerprint density at radius 3 is 1.37 bits per heavy atom. The van der Waals surface area contributed by atoms with Gasteiger partial charge in [0.25, 0.3) is 0 Å². The summed E-state index contributed by atoms with van der Waals surface area (Å²) in [7, 11) is 0. The molecule has 0 aliphatic heterocycles. The molecule has 54 heavy (non-hydrogen) atoms. The first-order valence-corrected chi connectivity index (χ1v) is 18.0. The van der Waals surface area contributed by atoms with Crippen molar-refractivity contribution in [2.45, 2.75) is 91.2 Å². The van der Waals surface area contributed by atoms with Gasteiger partial charge in [-0.3, -0.25) is 0 Å². The van der Waals surface area contributed by atoms with Crippen LogP contribution in [0.15, 0.2) is 72.8 Å². The molecule has 1 atom stereocenters. The molecule has 12 heteroatoms. The minimum atomic E-state index is -5.28. The smallest absolute Gasteiger partial charge is 0.420 e. The van der Waals surface area contributed by atoms with E-state index in [4.69, 9.17) is 14.2 Å². The Morgan fingerprint density at radius 2 is 0.944 bits per heavy atom. The molecule has 0 aliphatic carbocycles. The van der Waals surface area contributed by atoms with E-state index in [0.29, 0.717) is 41.8 Å². The summed E-state index contributed by atoms with van der Waals surface area (Å²) in [6, 6.07) is 17.3. The summed E-state index contributed by atoms with van der Waals surface area (Å²) in [6.45, 7) is 7.31. The molecule has 0 N–H and O–H groups in total. The first-order chi connectivity index (χ1) is 25.5. The van der Waals surface area contributed by atoms with E-state index in [0.717, 1.165) is 57.1 Å². The first-order valence-electron chi connectivity index (χ1n) is 18.0. The molecule has 0 aromatic heterocycles. The second-order valence-corrected chi connectivity index (χ2v) is 13.2. The number of ether oxygens (including phenoxy) is 3. The molecule has 0 aliphatic rings. The average Bonchev–Trinajstić information content (AvgIpc) is 3.10. The molecule has 1 unspecified atom stereocenters. The Kier molecular flexibility index (Phi) is 14.4. The van der Waals surface area contributed by atoms with Gasteiger partial charge < -0.3 is 14.2 Å². The summed E-state index contributed by atoms with van der Waals surface area (Å²) in [5, 5.41) is 0. The number of unbranched alkanes of at least 4 members (excludes halogenated alkanes) is 2. The van der Waals surface area contributed by atoms with Gasteiger partial charge in [0.2, 0.25) is 0 Å². The van der Waals surface area contributed by atoms with Crippen molar-refractivity contribution < 1.29 is 53.7 Å². The number of halogens is 9. The average molecular weight is 769 g/mol. The Bertz CT molecular complexity index is 1790. The van der Waals surface area contributed by atoms with Crippen molar-refractivity contribution in [1.82, 2.24) is 0 Å². The van der Waals surface area contributed by atoms with Gasteiger partial charge in [-0.05, 0) is 116 Å². The van der Waals surface area contributed by atoms with E-state index < -0.39 is 46.5 Å². The van der Waals surface area contributed by atoms with E-state index in [1.54, 1.807) is 37.3 Å². The molecule has 0 heterocycles. The number of benzene rings is 4. The zero-order valence-corrected chi connectivity index (χ0v) is 30.7. The number of hydrogen-bond donors (Lipinski definition) is 0. The topological polar surface area (TPSA) is 27.7 Å². The van der Waals surface area contributed by atoms with Gasteiger partial charge in [-0.25, -0.2) is 0 Å². The Balaban J connectivity index is 1.20. The molecule has 0 bridgehead atoms. The van der Waals surface area contributed by atoms with Crippen LogP contribution in [0.5, 0.6) is 17.2 Å². The summed E-state index contributed by atoms with van der Waals surface area (Å²) in [6.07, 6.45) is -8.60. The van der Waals surface area contributed by atoms with Crippen molar-refractivity contribution >= 4 is 0 Å². The van der Waals surface area contributed by atoms with Crippen LogP contribution in [0.3, 0.4) is 0 Å². The van der Waals surface area contributed by atoms with Gasteiger partial charge in [0, 0.05) is 0 Å². The SMILES string of the molecule is CCOc1ccc(-c2ccc(OCCCCC(CC)CCCCOc3ccc(-c4ccc(C)c(C)c4C(F)(F)F)cc3)cc2)c(C(F)(F)F)c1C(F)(F)F. The fraction of sp³-hybridized carbons (Fsp3) is 0.429. The normalized spacial score (nSPS) is 12.8. The van der Waals surface area contributed by atoms with Gasteiger partial charge in [-0.1, -0.05) is 68.7 Å². The molecule has 294 valence electrons. The third-order valence-corrected chi connectivity index (χ3v) is 9.51. The van der Waals surface area contributed by atoms with Crippen molar-refractivity contribution in [2.75, 3.05) is 19.8 Å². The van der Waals surface area contributed by atoms with Crippen molar-refractivity contribution in [2.24, 2.45) is 5.92 Å². The highest BCUT2D eigenvalue weighted by Crippen LogP contribution is 2.49. The van der Waals surface area contributed by atoms with Crippen molar-refractivity contribution in [3.63, 3.8) is 0 Å². The molecular weight excluding hydrogens is 723 g/mol. The van der Waals surface area contributed by atoms with Crippen molar-refractivity contribution in [3.8, 4) is 39.5 Å². The number of rotatable bonds is 17. The quantitative estimate of drug-likeness (QED) is 0.0791. The van der Waals surface area contributed by atoms with Crippen LogP contribution in [0.2, 0.25) is 0 Å². The van der Waals surface area contributed by atoms with E-state index in [-0.39, 0.29) is 23.3 Å². The van der Waals surface area contributed by atoms with Gasteiger partial charge >= 0.3 is 18.5 Å². The third-order valence-electron chi connectivity index (χ3n) is 9.51. The van der Waals surface area contributed by atoms with Crippen molar-refractivity contribution in [1.29, 1.82) is 0 Å². The molecule has 0 saturated carbocycles. The van der Waals surface area contributed by atoms with Crippen LogP contribution in [-0.2, 0) is 18.5 Å². The third kappa shape index (κ3) is 11.1. The van der Waals surface area contributed by atoms with Gasteiger partial charge in [0.15, 0.2) is 0 Å². The fourth-order valence-electron chi connectivity index (χ4n) is 6.56. The van der Waals surface area contributed by atoms with E-state index >= 15 is 0 Å². The largest absolute Gasteiger partial charge is 0.494 e. The van der Waals surface area contributed by atoms with Crippen LogP contribution in [0.4, 0.5) is 39.5 Å². The Morgan fingerprint density at radius 1 is 0.500 bits per heavy atom. The number of alkyl halides is 9. The summed E-state index contributed by atoms with van der Waals surface area (Å²) >= 11 is 0. The van der Waals surface area contributed by atoms with Gasteiger partial charge in [-0.2, -0.15) is 39.5 Å². The number of aryl methyl sites for hydroxylation is 1. The lowest BCUT2D eigenvalue weighted by atomic mass is 9.92. The lowest BCUT2D eigenvalue weighted by Gasteiger charge is -2.22. The first kappa shape index (κ1) is 42.4. The second-order valence-electron chi connectivity index (χ2n) is 13.2. The second kappa shape index (κ2) is 18.3. The van der Waals surface area contributed by atoms with E-state index in [1.807, 2.05) is 0 Å². The molecule has 4 aromatic rings. The van der Waals surface area contributed by atoms with Crippen LogP contribution in [0.25, 0.3) is 22.3 Å². The maximum absolute atomic E-state index is 14.0. The zero-order chi connectivity index (χ0) is 39.7. The molecule has 0 fully saturated rings. The predicted octanol–water partition coefficient (Wildman–Crippen LogP) is 13.9. The monoisotopic (exact) mass is 768 g/mol. The van der Waals surface area contributed by atoms with Crippen LogP contribution in [0.1, 0.15) is 86.6 Å². The highest BCUT2D eigenvalue weighted by atomic mass is 19.4. The Labute approximate surface area is 310 Å². The minimum absolute atomic E-state index is 0.0338. The van der Waals surface area contributed by atoms with Gasteiger partial charge in [0.1, 0.15) is 22.8 Å². The molecule has 0 radical (unpaired) electrons. The maximum Gasteiger partial charge on any atom is 0.420 e. The standard InChI is InChI=1S/C42H45F9O3/c1-5-29(11-7-9-25-53-32-18-14-30(15-19-32)34-22-13-27(3)28(4)37(34)40(43,44)45)12-8-10-26-54-33-20-16-31(17-21-33)35-23-24-36(52-6-2)39(42(49,50)51)38(35)41(46,47)48/h13-24,29H,5-12,25-26H2,1-4H3. The summed E-state index contributed by atoms with van der Waals surface area (Å²) in [5.41, 5.74) is -3.48. The van der Waals surface area contributed by atoms with Crippen LogP contribution in [0, 0.1) is 19.8 Å². The lowest BCUT2D eigenvalue weighted by molar-refractivity contribution is -0.162. The van der Waals surface area contributed by atoms with Crippen LogP contribution >= 0.6 is 0 Å². The zero-order valence-electron chi connectivity index (χ0n) is 30.7. The highest BCUT2D eigenvalue weighted by Gasteiger charge is 2.47. The van der Waals surface area contributed by atoms with E-state index in [9.17, 15) is 39.5 Å². The minimum Gasteiger partial charge on any atom is -0.494 e. The van der Waals surface area contributed by atoms with Crippen LogP contribution in [-0.4, -0.2) is 19.8 Å². The Hall–Kier alpha value is -4.35. The summed E-state index contributed by atoms with van der Waals surface area (Å²) in [5.74, 6) is 0.621. The molecular formula is C42H45F9O3. The highest BCUT2D eigenvalue weighted by molar-refractivity contribution is 5.73. The maximum atomic E-state index is 14.0. The molecule has 0 amide bonds. The van der Waals surface area contributed by atoms with Gasteiger partial charge in [0.05, 0.1) is 30.9 Å². The molecule has 0 spiro atoms. The van der Waals surface area contributed by atoms with E-state index in [2.05, 4.69) is 6.92 Å². The number of hydrogen-bond acceptors (Lipinski definition) is 3. The van der Waals surface area contributed by atoms with Crippen LogP contribution < -0.4 is 14.2 Å². The van der Waals surface area contributed by atoms with Crippen molar-refractivity contribution in [3.05, 3.63) is 101 Å².